The zero-order valence-electron chi connectivity index (χ0n) is 14.4. The molecule has 1 aromatic heterocycles. The van der Waals surface area contributed by atoms with E-state index in [0.717, 1.165) is 4.90 Å². The van der Waals surface area contributed by atoms with Crippen LogP contribution in [-0.2, 0) is 25.5 Å². The Hall–Kier alpha value is -2.39. The molecule has 0 bridgehead atoms. The number of carbonyl (C=O) groups excluding carboxylic acids is 3. The molecule has 0 spiro atoms. The molecule has 0 aliphatic carbocycles. The topological polar surface area (TPSA) is 97.4 Å². The summed E-state index contributed by atoms with van der Waals surface area (Å²) in [5.74, 6) is -0.422. The Balaban J connectivity index is 1.79. The van der Waals surface area contributed by atoms with Gasteiger partial charge in [0.15, 0.2) is 5.13 Å². The maximum atomic E-state index is 12.0. The summed E-state index contributed by atoms with van der Waals surface area (Å²) >= 11 is 2.64. The number of hydrogen-bond donors (Lipinski definition) is 2. The van der Waals surface area contributed by atoms with Crippen molar-refractivity contribution < 1.29 is 19.1 Å². The van der Waals surface area contributed by atoms with Gasteiger partial charge in [0.25, 0.3) is 0 Å². The first-order chi connectivity index (χ1) is 12.5. The van der Waals surface area contributed by atoms with Crippen molar-refractivity contribution in [3.8, 4) is 0 Å². The van der Waals surface area contributed by atoms with E-state index in [2.05, 4.69) is 15.6 Å². The monoisotopic (exact) mass is 393 g/mol. The van der Waals surface area contributed by atoms with Crippen LogP contribution in [0.2, 0.25) is 0 Å². The fourth-order valence-corrected chi connectivity index (χ4v) is 3.37. The first-order valence-corrected chi connectivity index (χ1v) is 9.73. The van der Waals surface area contributed by atoms with Crippen molar-refractivity contribution >= 4 is 51.7 Å². The van der Waals surface area contributed by atoms with Crippen LogP contribution in [0.3, 0.4) is 0 Å². The first kappa shape index (κ1) is 19.9. The van der Waals surface area contributed by atoms with E-state index in [-0.39, 0.29) is 30.0 Å². The zero-order valence-corrected chi connectivity index (χ0v) is 16.0. The highest BCUT2D eigenvalue weighted by Crippen LogP contribution is 2.21. The van der Waals surface area contributed by atoms with Crippen LogP contribution in [0.15, 0.2) is 34.5 Å². The van der Waals surface area contributed by atoms with E-state index in [4.69, 9.17) is 4.74 Å². The largest absolute Gasteiger partial charge is 0.466 e. The molecule has 1 heterocycles. The average molecular weight is 393 g/mol. The van der Waals surface area contributed by atoms with Gasteiger partial charge in [-0.25, -0.2) is 4.98 Å². The molecule has 0 radical (unpaired) electrons. The van der Waals surface area contributed by atoms with Crippen LogP contribution < -0.4 is 10.6 Å². The van der Waals surface area contributed by atoms with Gasteiger partial charge in [-0.3, -0.25) is 14.4 Å². The second kappa shape index (κ2) is 9.93. The molecule has 0 saturated carbocycles. The van der Waals surface area contributed by atoms with Gasteiger partial charge in [-0.15, -0.1) is 23.1 Å². The number of hydrogen-bond acceptors (Lipinski definition) is 7. The van der Waals surface area contributed by atoms with Gasteiger partial charge in [-0.2, -0.15) is 0 Å². The van der Waals surface area contributed by atoms with Crippen molar-refractivity contribution in [3.63, 3.8) is 0 Å². The van der Waals surface area contributed by atoms with Gasteiger partial charge >= 0.3 is 5.97 Å². The van der Waals surface area contributed by atoms with Gasteiger partial charge in [0, 0.05) is 22.9 Å². The molecule has 2 rings (SSSR count). The summed E-state index contributed by atoms with van der Waals surface area (Å²) in [6.07, 6.45) is 0.0929. The van der Waals surface area contributed by atoms with Gasteiger partial charge in [-0.1, -0.05) is 0 Å². The van der Waals surface area contributed by atoms with Crippen LogP contribution in [0.25, 0.3) is 0 Å². The minimum Gasteiger partial charge on any atom is -0.466 e. The Morgan fingerprint density at radius 2 is 1.92 bits per heavy atom. The molecule has 2 amide bonds. The molecular weight excluding hydrogens is 374 g/mol. The predicted molar refractivity (Wildman–Crippen MR) is 103 cm³/mol. The molecule has 9 heteroatoms. The van der Waals surface area contributed by atoms with Crippen molar-refractivity contribution in [1.29, 1.82) is 0 Å². The normalized spacial score (nSPS) is 10.2. The van der Waals surface area contributed by atoms with Gasteiger partial charge in [0.1, 0.15) is 0 Å². The summed E-state index contributed by atoms with van der Waals surface area (Å²) in [6.45, 7) is 3.52. The number of nitrogens with zero attached hydrogens (tertiary/aromatic N) is 1. The quantitative estimate of drug-likeness (QED) is 0.529. The molecule has 26 heavy (non-hydrogen) atoms. The van der Waals surface area contributed by atoms with E-state index in [1.165, 1.54) is 30.0 Å². The lowest BCUT2D eigenvalue weighted by atomic mass is 10.3. The Labute approximate surface area is 159 Å². The summed E-state index contributed by atoms with van der Waals surface area (Å²) in [7, 11) is 0. The molecule has 0 saturated heterocycles. The minimum atomic E-state index is -0.339. The number of nitrogens with one attached hydrogen (secondary N) is 2. The number of esters is 1. The Bertz CT molecular complexity index is 775. The molecular formula is C17H19N3O4S2. The number of aromatic nitrogens is 1. The first-order valence-electron chi connectivity index (χ1n) is 7.86. The Morgan fingerprint density at radius 1 is 1.19 bits per heavy atom. The van der Waals surface area contributed by atoms with Crippen molar-refractivity contribution in [2.75, 3.05) is 23.0 Å². The highest BCUT2D eigenvalue weighted by Gasteiger charge is 2.11. The van der Waals surface area contributed by atoms with Crippen molar-refractivity contribution in [2.45, 2.75) is 25.2 Å². The maximum Gasteiger partial charge on any atom is 0.311 e. The van der Waals surface area contributed by atoms with Gasteiger partial charge in [-0.05, 0) is 31.2 Å². The standard InChI is InChI=1S/C17H19N3O4S2/c1-3-24-16(23)8-13-9-26-17(19-13)20-15(22)10-25-14-6-4-12(5-7-14)18-11(2)21/h4-7,9H,3,8,10H2,1-2H3,(H,18,21)(H,19,20,22). The lowest BCUT2D eigenvalue weighted by molar-refractivity contribution is -0.142. The zero-order chi connectivity index (χ0) is 18.9. The number of thioether (sulfide) groups is 1. The Kier molecular flexibility index (Phi) is 7.61. The summed E-state index contributed by atoms with van der Waals surface area (Å²) in [6, 6.07) is 7.24. The summed E-state index contributed by atoms with van der Waals surface area (Å²) in [5, 5.41) is 7.58. The number of carbonyl (C=O) groups is 3. The van der Waals surface area contributed by atoms with E-state index in [1.54, 1.807) is 24.4 Å². The van der Waals surface area contributed by atoms with Gasteiger partial charge in [0.05, 0.1) is 24.5 Å². The molecule has 2 aromatic rings. The highest BCUT2D eigenvalue weighted by molar-refractivity contribution is 8.00. The van der Waals surface area contributed by atoms with Gasteiger partial charge in [0.2, 0.25) is 11.8 Å². The molecule has 7 nitrogen and oxygen atoms in total. The molecule has 0 aliphatic heterocycles. The fraction of sp³-hybridized carbons (Fsp3) is 0.294. The minimum absolute atomic E-state index is 0.0929. The van der Waals surface area contributed by atoms with E-state index in [0.29, 0.717) is 23.1 Å². The number of rotatable bonds is 8. The third-order valence-electron chi connectivity index (χ3n) is 2.97. The number of ether oxygens (including phenoxy) is 1. The third-order valence-corrected chi connectivity index (χ3v) is 4.79. The fourth-order valence-electron chi connectivity index (χ4n) is 1.95. The second-order valence-electron chi connectivity index (χ2n) is 5.17. The maximum absolute atomic E-state index is 12.0. The number of benzene rings is 1. The predicted octanol–water partition coefficient (Wildman–Crippen LogP) is 2.94. The molecule has 0 fully saturated rings. The summed E-state index contributed by atoms with van der Waals surface area (Å²) in [5.41, 5.74) is 1.29. The van der Waals surface area contributed by atoms with Gasteiger partial charge < -0.3 is 15.4 Å². The highest BCUT2D eigenvalue weighted by atomic mass is 32.2. The molecule has 2 N–H and O–H groups in total. The van der Waals surface area contributed by atoms with Crippen molar-refractivity contribution in [2.24, 2.45) is 0 Å². The second-order valence-corrected chi connectivity index (χ2v) is 7.08. The van der Waals surface area contributed by atoms with Crippen LogP contribution in [0.1, 0.15) is 19.5 Å². The van der Waals surface area contributed by atoms with E-state index in [9.17, 15) is 14.4 Å². The molecule has 0 unspecified atom stereocenters. The number of amides is 2. The van der Waals surface area contributed by atoms with Crippen molar-refractivity contribution in [1.82, 2.24) is 4.98 Å². The average Bonchev–Trinajstić information content (AvgIpc) is 3.00. The van der Waals surface area contributed by atoms with Crippen LogP contribution in [0.4, 0.5) is 10.8 Å². The molecule has 138 valence electrons. The lowest BCUT2D eigenvalue weighted by Gasteiger charge is -2.05. The summed E-state index contributed by atoms with van der Waals surface area (Å²) < 4.78 is 4.87. The number of thiazole rings is 1. The SMILES string of the molecule is CCOC(=O)Cc1csc(NC(=O)CSc2ccc(NC(C)=O)cc2)n1. The van der Waals surface area contributed by atoms with E-state index < -0.39 is 0 Å². The van der Waals surface area contributed by atoms with E-state index in [1.807, 2.05) is 12.1 Å². The molecule has 0 atom stereocenters. The summed E-state index contributed by atoms with van der Waals surface area (Å²) in [4.78, 5) is 39.5. The van der Waals surface area contributed by atoms with Crippen LogP contribution >= 0.6 is 23.1 Å². The lowest BCUT2D eigenvalue weighted by Crippen LogP contribution is -2.14. The number of anilines is 2. The van der Waals surface area contributed by atoms with Crippen LogP contribution in [0, 0.1) is 0 Å². The molecule has 0 aliphatic rings. The molecule has 1 aromatic carbocycles. The third kappa shape index (κ3) is 6.85. The van der Waals surface area contributed by atoms with Crippen LogP contribution in [-0.4, -0.2) is 35.1 Å². The van der Waals surface area contributed by atoms with Crippen LogP contribution in [0.5, 0.6) is 0 Å². The van der Waals surface area contributed by atoms with Crippen molar-refractivity contribution in [3.05, 3.63) is 35.3 Å². The smallest absolute Gasteiger partial charge is 0.311 e. The Morgan fingerprint density at radius 3 is 2.58 bits per heavy atom. The van der Waals surface area contributed by atoms with E-state index >= 15 is 0 Å².